The average Bonchev–Trinajstić information content (AvgIpc) is 3.10. The topological polar surface area (TPSA) is 58.4 Å². The lowest BCUT2D eigenvalue weighted by Gasteiger charge is -2.46. The minimum absolute atomic E-state index is 0.101. The Morgan fingerprint density at radius 2 is 1.90 bits per heavy atom. The summed E-state index contributed by atoms with van der Waals surface area (Å²) in [5.74, 6) is 1.94. The Kier molecular flexibility index (Phi) is 6.38. The number of fused-ring (bicyclic) bond motifs is 2. The molecule has 6 nitrogen and oxygen atoms in total. The highest BCUT2D eigenvalue weighted by Crippen LogP contribution is 2.38. The predicted octanol–water partition coefficient (Wildman–Crippen LogP) is 3.16. The maximum Gasteiger partial charge on any atom is 0.253 e. The van der Waals surface area contributed by atoms with Crippen LogP contribution in [0.25, 0.3) is 0 Å². The van der Waals surface area contributed by atoms with Crippen LogP contribution in [0.2, 0.25) is 0 Å². The Morgan fingerprint density at radius 3 is 2.81 bits per heavy atom. The van der Waals surface area contributed by atoms with Gasteiger partial charge in [-0.2, -0.15) is 0 Å². The summed E-state index contributed by atoms with van der Waals surface area (Å²) in [5.41, 5.74) is 1.03. The van der Waals surface area contributed by atoms with Crippen molar-refractivity contribution in [2.24, 2.45) is 5.92 Å². The molecule has 1 saturated carbocycles. The van der Waals surface area contributed by atoms with Crippen molar-refractivity contribution >= 4 is 17.5 Å². The second-order valence-electron chi connectivity index (χ2n) is 10.0. The molecule has 31 heavy (non-hydrogen) atoms. The molecule has 1 aromatic rings. The molecule has 0 spiro atoms. The van der Waals surface area contributed by atoms with E-state index in [0.717, 1.165) is 82.6 Å². The van der Waals surface area contributed by atoms with Gasteiger partial charge in [0.15, 0.2) is 0 Å². The minimum atomic E-state index is 0.101. The normalized spacial score (nSPS) is 31.7. The van der Waals surface area contributed by atoms with E-state index in [1.165, 1.54) is 19.3 Å². The second-order valence-corrected chi connectivity index (χ2v) is 10.6. The van der Waals surface area contributed by atoms with E-state index in [2.05, 4.69) is 9.80 Å². The first-order valence-electron chi connectivity index (χ1n) is 12.4. The molecule has 0 unspecified atom stereocenters. The Balaban J connectivity index is 1.23. The number of hydrogen-bond donors (Lipinski definition) is 0. The first kappa shape index (κ1) is 21.4. The number of hydrogen-bond acceptors (Lipinski definition) is 4. The number of carbonyl (C=O) groups excluding carboxylic acids is 1. The highest BCUT2D eigenvalue weighted by atomic mass is 35.5. The molecular formula is C24H35ClN4O2. The molecule has 0 aromatic carbocycles. The zero-order chi connectivity index (χ0) is 21.4. The van der Waals surface area contributed by atoms with Crippen molar-refractivity contribution in [1.82, 2.24) is 19.4 Å². The molecule has 4 atom stereocenters. The molecule has 2 saturated heterocycles. The van der Waals surface area contributed by atoms with Crippen LogP contribution in [-0.2, 0) is 17.8 Å². The van der Waals surface area contributed by atoms with Gasteiger partial charge in [0.1, 0.15) is 5.82 Å². The number of carbonyl (C=O) groups is 1. The number of aromatic nitrogens is 2. The van der Waals surface area contributed by atoms with E-state index >= 15 is 0 Å². The molecular weight excluding hydrogens is 412 g/mol. The minimum Gasteiger partial charge on any atom is -0.338 e. The van der Waals surface area contributed by atoms with Gasteiger partial charge in [-0.15, -0.1) is 11.6 Å². The average molecular weight is 447 g/mol. The van der Waals surface area contributed by atoms with Crippen molar-refractivity contribution in [2.75, 3.05) is 26.2 Å². The molecule has 0 bridgehead atoms. The summed E-state index contributed by atoms with van der Waals surface area (Å²) in [6.07, 6.45) is 10.8. The monoisotopic (exact) mass is 446 g/mol. The van der Waals surface area contributed by atoms with Gasteiger partial charge >= 0.3 is 0 Å². The van der Waals surface area contributed by atoms with Crippen LogP contribution < -0.4 is 5.56 Å². The summed E-state index contributed by atoms with van der Waals surface area (Å²) >= 11 is 6.61. The lowest BCUT2D eigenvalue weighted by Crippen LogP contribution is -2.55. The van der Waals surface area contributed by atoms with Crippen molar-refractivity contribution in [3.05, 3.63) is 27.9 Å². The largest absolute Gasteiger partial charge is 0.338 e. The van der Waals surface area contributed by atoms with Crippen LogP contribution in [0, 0.1) is 5.92 Å². The van der Waals surface area contributed by atoms with Crippen molar-refractivity contribution in [3.8, 4) is 0 Å². The quantitative estimate of drug-likeness (QED) is 0.669. The molecule has 7 heteroatoms. The van der Waals surface area contributed by atoms with Crippen LogP contribution in [0.15, 0.2) is 10.9 Å². The van der Waals surface area contributed by atoms with Gasteiger partial charge in [-0.25, -0.2) is 4.98 Å². The third kappa shape index (κ3) is 4.43. The molecule has 3 fully saturated rings. The maximum atomic E-state index is 13.2. The molecule has 0 radical (unpaired) electrons. The number of rotatable bonds is 3. The summed E-state index contributed by atoms with van der Waals surface area (Å²) in [6, 6.07) is 2.09. The Labute approximate surface area is 190 Å². The molecule has 1 aliphatic carbocycles. The van der Waals surface area contributed by atoms with Crippen LogP contribution in [0.4, 0.5) is 0 Å². The van der Waals surface area contributed by atoms with Crippen LogP contribution in [0.3, 0.4) is 0 Å². The van der Waals surface area contributed by atoms with E-state index in [0.29, 0.717) is 18.5 Å². The highest BCUT2D eigenvalue weighted by molar-refractivity contribution is 6.21. The summed E-state index contributed by atoms with van der Waals surface area (Å²) in [4.78, 5) is 35.2. The summed E-state index contributed by atoms with van der Waals surface area (Å²) in [5, 5.41) is 0.226. The number of amides is 1. The van der Waals surface area contributed by atoms with Crippen LogP contribution in [0.1, 0.15) is 75.2 Å². The fourth-order valence-electron chi connectivity index (χ4n) is 6.34. The molecule has 4 heterocycles. The summed E-state index contributed by atoms with van der Waals surface area (Å²) < 4.78 is 1.87. The number of alkyl halides is 1. The van der Waals surface area contributed by atoms with Crippen LogP contribution in [0.5, 0.6) is 0 Å². The van der Waals surface area contributed by atoms with Gasteiger partial charge < -0.3 is 4.90 Å². The lowest BCUT2D eigenvalue weighted by molar-refractivity contribution is -0.138. The number of likely N-dealkylation sites (tertiary alicyclic amines) is 2. The maximum absolute atomic E-state index is 13.2. The predicted molar refractivity (Wildman–Crippen MR) is 122 cm³/mol. The number of aryl methyl sites for hydroxylation is 1. The number of halogens is 1. The number of piperidine rings is 1. The highest BCUT2D eigenvalue weighted by Gasteiger charge is 2.41. The first-order valence-corrected chi connectivity index (χ1v) is 12.8. The molecule has 5 rings (SSSR count). The smallest absolute Gasteiger partial charge is 0.253 e. The standard InChI is InChI=1S/C24H35ClN4O2/c25-19-10-13-28(21-7-4-3-6-18(19)21)24(31)16-27-12-9-17(15-27)20-14-23(30)29-11-5-1-2-8-22(29)26-20/h14,17-19,21H,1-13,15-16H2/t17-,18-,19-,21+/m0/s1. The van der Waals surface area contributed by atoms with Gasteiger partial charge in [-0.3, -0.25) is 19.1 Å². The van der Waals surface area contributed by atoms with Gasteiger partial charge in [0.2, 0.25) is 5.91 Å². The van der Waals surface area contributed by atoms with Crippen LogP contribution >= 0.6 is 11.6 Å². The molecule has 1 aromatic heterocycles. The van der Waals surface area contributed by atoms with Crippen LogP contribution in [-0.4, -0.2) is 62.9 Å². The molecule has 1 amide bonds. The van der Waals surface area contributed by atoms with Crippen molar-refractivity contribution < 1.29 is 4.79 Å². The molecule has 0 N–H and O–H groups in total. The zero-order valence-corrected chi connectivity index (χ0v) is 19.2. The molecule has 3 aliphatic heterocycles. The third-order valence-electron chi connectivity index (χ3n) is 8.05. The Hall–Kier alpha value is -1.40. The van der Waals surface area contributed by atoms with E-state index in [-0.39, 0.29) is 22.8 Å². The molecule has 170 valence electrons. The zero-order valence-electron chi connectivity index (χ0n) is 18.5. The van der Waals surface area contributed by atoms with Crippen molar-refractivity contribution in [1.29, 1.82) is 0 Å². The lowest BCUT2D eigenvalue weighted by atomic mass is 9.78. The second kappa shape index (κ2) is 9.22. The number of nitrogens with zero attached hydrogens (tertiary/aromatic N) is 4. The van der Waals surface area contributed by atoms with E-state index in [4.69, 9.17) is 16.6 Å². The van der Waals surface area contributed by atoms with E-state index in [1.807, 2.05) is 4.57 Å². The molecule has 4 aliphatic rings. The van der Waals surface area contributed by atoms with Gasteiger partial charge in [0.25, 0.3) is 5.56 Å². The fourth-order valence-corrected chi connectivity index (χ4v) is 6.73. The van der Waals surface area contributed by atoms with Crippen molar-refractivity contribution in [2.45, 2.75) is 88.1 Å². The van der Waals surface area contributed by atoms with E-state index < -0.39 is 0 Å². The Bertz CT molecular complexity index is 872. The van der Waals surface area contributed by atoms with Gasteiger partial charge in [-0.1, -0.05) is 19.3 Å². The summed E-state index contributed by atoms with van der Waals surface area (Å²) in [7, 11) is 0. The summed E-state index contributed by atoms with van der Waals surface area (Å²) in [6.45, 7) is 3.80. The van der Waals surface area contributed by atoms with E-state index in [1.54, 1.807) is 6.07 Å². The van der Waals surface area contributed by atoms with Gasteiger partial charge in [0.05, 0.1) is 12.2 Å². The fraction of sp³-hybridized carbons (Fsp3) is 0.792. The third-order valence-corrected chi connectivity index (χ3v) is 8.59. The SMILES string of the molecule is O=C(CN1CC[C@H](c2cc(=O)n3c(n2)CCCCC3)C1)N1CC[C@H](Cl)[C@@H]2CCCC[C@H]21. The van der Waals surface area contributed by atoms with Crippen molar-refractivity contribution in [3.63, 3.8) is 0 Å². The van der Waals surface area contributed by atoms with E-state index in [9.17, 15) is 9.59 Å². The van der Waals surface area contributed by atoms with Gasteiger partial charge in [0, 0.05) is 49.5 Å². The first-order chi connectivity index (χ1) is 15.1. The van der Waals surface area contributed by atoms with Gasteiger partial charge in [-0.05, 0) is 51.0 Å². The Morgan fingerprint density at radius 1 is 1.03 bits per heavy atom.